The average Bonchev–Trinajstić information content (AvgIpc) is 2.37. The predicted octanol–water partition coefficient (Wildman–Crippen LogP) is 2.35. The summed E-state index contributed by atoms with van der Waals surface area (Å²) in [6.45, 7) is 5.79. The number of rotatable bonds is 4. The largest absolute Gasteiger partial charge is 0.480 e. The molecule has 104 valence electrons. The van der Waals surface area contributed by atoms with Gasteiger partial charge in [-0.2, -0.15) is 0 Å². The van der Waals surface area contributed by atoms with E-state index in [1.165, 1.54) is 18.9 Å². The Kier molecular flexibility index (Phi) is 4.92. The zero-order chi connectivity index (χ0) is 14.6. The minimum absolute atomic E-state index is 0.317. The van der Waals surface area contributed by atoms with Crippen molar-refractivity contribution in [1.82, 2.24) is 4.90 Å². The highest BCUT2D eigenvalue weighted by Crippen LogP contribution is 2.17. The number of carbonyl (C=O) groups excluding carboxylic acids is 1. The van der Waals surface area contributed by atoms with Crippen LogP contribution in [-0.4, -0.2) is 41.6 Å². The van der Waals surface area contributed by atoms with Crippen molar-refractivity contribution >= 4 is 17.7 Å². The van der Waals surface area contributed by atoms with Crippen LogP contribution >= 0.6 is 0 Å². The molecular weight excluding hydrogens is 244 g/mol. The van der Waals surface area contributed by atoms with Crippen molar-refractivity contribution in [1.29, 1.82) is 0 Å². The van der Waals surface area contributed by atoms with Gasteiger partial charge in [0.2, 0.25) is 0 Å². The van der Waals surface area contributed by atoms with E-state index in [1.807, 2.05) is 38.1 Å². The molecule has 5 heteroatoms. The van der Waals surface area contributed by atoms with Gasteiger partial charge in [0.15, 0.2) is 0 Å². The summed E-state index contributed by atoms with van der Waals surface area (Å²) in [5.74, 6) is -1.02. The number of hydrogen-bond acceptors (Lipinski definition) is 2. The summed E-state index contributed by atoms with van der Waals surface area (Å²) in [4.78, 5) is 26.0. The van der Waals surface area contributed by atoms with E-state index in [0.29, 0.717) is 6.54 Å². The van der Waals surface area contributed by atoms with E-state index in [-0.39, 0.29) is 6.03 Å². The van der Waals surface area contributed by atoms with E-state index in [9.17, 15) is 9.59 Å². The monoisotopic (exact) mass is 264 g/mol. The Morgan fingerprint density at radius 3 is 2.47 bits per heavy atom. The Bertz CT molecular complexity index is 474. The lowest BCUT2D eigenvalue weighted by molar-refractivity contribution is -0.141. The molecular formula is C14H20N2O3. The van der Waals surface area contributed by atoms with Gasteiger partial charge in [0.05, 0.1) is 0 Å². The molecule has 1 N–H and O–H groups in total. The highest BCUT2D eigenvalue weighted by atomic mass is 16.4. The second-order valence-electron chi connectivity index (χ2n) is 4.49. The van der Waals surface area contributed by atoms with Crippen LogP contribution in [0.5, 0.6) is 0 Å². The Labute approximate surface area is 113 Å². The lowest BCUT2D eigenvalue weighted by Gasteiger charge is -2.29. The quantitative estimate of drug-likeness (QED) is 0.908. The molecule has 1 aromatic rings. The maximum Gasteiger partial charge on any atom is 0.326 e. The van der Waals surface area contributed by atoms with E-state index in [0.717, 1.165) is 11.3 Å². The number of aryl methyl sites for hydroxylation is 1. The Morgan fingerprint density at radius 1 is 1.37 bits per heavy atom. The number of urea groups is 1. The van der Waals surface area contributed by atoms with Gasteiger partial charge in [-0.15, -0.1) is 0 Å². The summed E-state index contributed by atoms with van der Waals surface area (Å²) >= 11 is 0. The number of amides is 2. The van der Waals surface area contributed by atoms with Gasteiger partial charge < -0.3 is 10.0 Å². The smallest absolute Gasteiger partial charge is 0.326 e. The van der Waals surface area contributed by atoms with Gasteiger partial charge in [-0.05, 0) is 38.5 Å². The molecule has 0 saturated heterocycles. The topological polar surface area (TPSA) is 60.9 Å². The molecule has 0 saturated carbocycles. The Hall–Kier alpha value is -2.04. The molecule has 0 aromatic heterocycles. The maximum absolute atomic E-state index is 12.3. The van der Waals surface area contributed by atoms with E-state index in [1.54, 1.807) is 4.90 Å². The molecule has 0 aliphatic carbocycles. The van der Waals surface area contributed by atoms with Crippen LogP contribution in [0.2, 0.25) is 0 Å². The molecule has 1 rings (SSSR count). The number of carboxylic acids is 1. The molecule has 0 heterocycles. The molecule has 0 radical (unpaired) electrons. The minimum Gasteiger partial charge on any atom is -0.480 e. The molecule has 2 amide bonds. The Morgan fingerprint density at radius 2 is 2.00 bits per heavy atom. The van der Waals surface area contributed by atoms with Crippen molar-refractivity contribution in [2.45, 2.75) is 26.8 Å². The minimum atomic E-state index is -1.02. The molecule has 0 fully saturated rings. The normalized spacial score (nSPS) is 11.8. The fourth-order valence-corrected chi connectivity index (χ4v) is 1.75. The first-order valence-electron chi connectivity index (χ1n) is 6.22. The molecule has 0 bridgehead atoms. The van der Waals surface area contributed by atoms with Gasteiger partial charge >= 0.3 is 12.0 Å². The van der Waals surface area contributed by atoms with Crippen molar-refractivity contribution in [3.05, 3.63) is 29.8 Å². The molecule has 1 aromatic carbocycles. The molecule has 1 unspecified atom stereocenters. The SMILES string of the molecule is CCN(C(=O)N(C)C(C)C(=O)O)c1cccc(C)c1. The summed E-state index contributed by atoms with van der Waals surface area (Å²) in [7, 11) is 1.50. The van der Waals surface area contributed by atoms with Crippen molar-refractivity contribution in [3.63, 3.8) is 0 Å². The van der Waals surface area contributed by atoms with Gasteiger partial charge in [0.1, 0.15) is 6.04 Å². The van der Waals surface area contributed by atoms with Crippen LogP contribution in [0.25, 0.3) is 0 Å². The first-order valence-corrected chi connectivity index (χ1v) is 6.22. The van der Waals surface area contributed by atoms with Crippen molar-refractivity contribution in [2.24, 2.45) is 0 Å². The summed E-state index contributed by atoms with van der Waals surface area (Å²) < 4.78 is 0. The maximum atomic E-state index is 12.3. The summed E-state index contributed by atoms with van der Waals surface area (Å²) in [6.07, 6.45) is 0. The first kappa shape index (κ1) is 15.0. The van der Waals surface area contributed by atoms with Crippen molar-refractivity contribution < 1.29 is 14.7 Å². The second-order valence-corrected chi connectivity index (χ2v) is 4.49. The highest BCUT2D eigenvalue weighted by Gasteiger charge is 2.26. The molecule has 19 heavy (non-hydrogen) atoms. The number of likely N-dealkylation sites (N-methyl/N-ethyl adjacent to an activating group) is 1. The lowest BCUT2D eigenvalue weighted by Crippen LogP contribution is -2.48. The van der Waals surface area contributed by atoms with E-state index in [4.69, 9.17) is 5.11 Å². The third-order valence-electron chi connectivity index (χ3n) is 3.10. The molecule has 5 nitrogen and oxygen atoms in total. The summed E-state index contributed by atoms with van der Waals surface area (Å²) in [5, 5.41) is 8.96. The predicted molar refractivity (Wildman–Crippen MR) is 74.5 cm³/mol. The molecule has 0 aliphatic heterocycles. The third kappa shape index (κ3) is 3.47. The van der Waals surface area contributed by atoms with E-state index in [2.05, 4.69) is 0 Å². The number of anilines is 1. The zero-order valence-corrected chi connectivity index (χ0v) is 11.8. The van der Waals surface area contributed by atoms with Crippen molar-refractivity contribution in [3.8, 4) is 0 Å². The number of hydrogen-bond donors (Lipinski definition) is 1. The molecule has 0 spiro atoms. The van der Waals surface area contributed by atoms with E-state index < -0.39 is 12.0 Å². The Balaban J connectivity index is 2.97. The number of aliphatic carboxylic acids is 1. The number of benzene rings is 1. The van der Waals surface area contributed by atoms with Crippen LogP contribution in [-0.2, 0) is 4.79 Å². The third-order valence-corrected chi connectivity index (χ3v) is 3.10. The van der Waals surface area contributed by atoms with Crippen LogP contribution < -0.4 is 4.90 Å². The van der Waals surface area contributed by atoms with Gasteiger partial charge in [-0.1, -0.05) is 12.1 Å². The van der Waals surface area contributed by atoms with Crippen LogP contribution in [0.1, 0.15) is 19.4 Å². The fourth-order valence-electron chi connectivity index (χ4n) is 1.75. The van der Waals surface area contributed by atoms with Gasteiger partial charge in [-0.3, -0.25) is 4.90 Å². The van der Waals surface area contributed by atoms with Gasteiger partial charge in [0, 0.05) is 19.3 Å². The lowest BCUT2D eigenvalue weighted by atomic mass is 10.2. The van der Waals surface area contributed by atoms with Crippen molar-refractivity contribution in [2.75, 3.05) is 18.5 Å². The molecule has 0 aliphatic rings. The molecule has 1 atom stereocenters. The highest BCUT2D eigenvalue weighted by molar-refractivity contribution is 5.94. The van der Waals surface area contributed by atoms with Crippen LogP contribution in [0.15, 0.2) is 24.3 Å². The van der Waals surface area contributed by atoms with Crippen LogP contribution in [0.3, 0.4) is 0 Å². The summed E-state index contributed by atoms with van der Waals surface area (Å²) in [5.41, 5.74) is 1.83. The zero-order valence-electron chi connectivity index (χ0n) is 11.8. The van der Waals surface area contributed by atoms with Gasteiger partial charge in [-0.25, -0.2) is 9.59 Å². The standard InChI is InChI=1S/C14H20N2O3/c1-5-16(12-8-6-7-10(2)9-12)14(19)15(4)11(3)13(17)18/h6-9,11H,5H2,1-4H3,(H,17,18). The van der Waals surface area contributed by atoms with E-state index >= 15 is 0 Å². The first-order chi connectivity index (χ1) is 8.88. The summed E-state index contributed by atoms with van der Waals surface area (Å²) in [6, 6.07) is 6.40. The average molecular weight is 264 g/mol. The van der Waals surface area contributed by atoms with Gasteiger partial charge in [0.25, 0.3) is 0 Å². The number of carbonyl (C=O) groups is 2. The fraction of sp³-hybridized carbons (Fsp3) is 0.429. The van der Waals surface area contributed by atoms with Crippen LogP contribution in [0.4, 0.5) is 10.5 Å². The van der Waals surface area contributed by atoms with Crippen LogP contribution in [0, 0.1) is 6.92 Å². The number of carboxylic acid groups (broad SMARTS) is 1. The second kappa shape index (κ2) is 6.22. The number of nitrogens with zero attached hydrogens (tertiary/aromatic N) is 2.